The molecule has 1 aromatic rings. The molecule has 0 radical (unpaired) electrons. The van der Waals surface area contributed by atoms with Gasteiger partial charge in [-0.05, 0) is 17.7 Å². The van der Waals surface area contributed by atoms with Gasteiger partial charge in [-0.3, -0.25) is 19.2 Å². The molecular formula is C22H24O9. The fraction of sp³-hybridized carbons (Fsp3) is 0.455. The zero-order valence-corrected chi connectivity index (χ0v) is 17.7. The largest absolute Gasteiger partial charge is 0.463 e. The second-order valence-electron chi connectivity index (χ2n) is 6.89. The first-order valence-electron chi connectivity index (χ1n) is 9.49. The van der Waals surface area contributed by atoms with Gasteiger partial charge >= 0.3 is 23.9 Å². The molecule has 0 N–H and O–H groups in total. The van der Waals surface area contributed by atoms with Crippen LogP contribution in [0.1, 0.15) is 44.9 Å². The summed E-state index contributed by atoms with van der Waals surface area (Å²) in [6, 6.07) is 6.75. The van der Waals surface area contributed by atoms with Gasteiger partial charge in [-0.2, -0.15) is 0 Å². The van der Waals surface area contributed by atoms with Crippen molar-refractivity contribution in [3.8, 4) is 12.3 Å². The SMILES string of the molecule is C#Cc1cccc([C@H]2O[C@H](COC(C)=O)[C@@H](OC(C)=O)[C@H](OC(C)=O)[C@@H]2OC(C)=O)c1. The number of hydrogen-bond acceptors (Lipinski definition) is 9. The number of ether oxygens (including phenoxy) is 5. The van der Waals surface area contributed by atoms with E-state index in [1.165, 1.54) is 20.8 Å². The molecule has 9 nitrogen and oxygen atoms in total. The van der Waals surface area contributed by atoms with Crippen molar-refractivity contribution in [2.75, 3.05) is 6.61 Å². The minimum Gasteiger partial charge on any atom is -0.463 e. The van der Waals surface area contributed by atoms with E-state index >= 15 is 0 Å². The molecule has 0 amide bonds. The van der Waals surface area contributed by atoms with Gasteiger partial charge in [-0.1, -0.05) is 18.1 Å². The topological polar surface area (TPSA) is 114 Å². The predicted molar refractivity (Wildman–Crippen MR) is 105 cm³/mol. The van der Waals surface area contributed by atoms with Crippen LogP contribution >= 0.6 is 0 Å². The molecule has 1 fully saturated rings. The van der Waals surface area contributed by atoms with E-state index in [2.05, 4.69) is 5.92 Å². The van der Waals surface area contributed by atoms with Gasteiger partial charge in [0.05, 0.1) is 0 Å². The Labute approximate surface area is 179 Å². The van der Waals surface area contributed by atoms with Crippen LogP contribution in [0, 0.1) is 12.3 Å². The smallest absolute Gasteiger partial charge is 0.303 e. The van der Waals surface area contributed by atoms with Crippen LogP contribution in [0.15, 0.2) is 24.3 Å². The Bertz CT molecular complexity index is 885. The molecule has 1 aromatic carbocycles. The predicted octanol–water partition coefficient (Wildman–Crippen LogP) is 1.47. The third kappa shape index (κ3) is 6.55. The first kappa shape index (κ1) is 23.9. The number of benzene rings is 1. The van der Waals surface area contributed by atoms with Crippen LogP contribution in [0.4, 0.5) is 0 Å². The number of rotatable bonds is 6. The van der Waals surface area contributed by atoms with Crippen LogP contribution in [-0.2, 0) is 42.9 Å². The van der Waals surface area contributed by atoms with Crippen molar-refractivity contribution in [2.24, 2.45) is 0 Å². The number of terminal acetylenes is 1. The molecule has 1 aliphatic rings. The molecule has 0 bridgehead atoms. The molecule has 0 unspecified atom stereocenters. The average Bonchev–Trinajstić information content (AvgIpc) is 2.68. The van der Waals surface area contributed by atoms with Crippen molar-refractivity contribution < 1.29 is 42.9 Å². The maximum atomic E-state index is 11.8. The zero-order chi connectivity index (χ0) is 23.1. The quantitative estimate of drug-likeness (QED) is 0.374. The lowest BCUT2D eigenvalue weighted by atomic mass is 9.90. The summed E-state index contributed by atoms with van der Waals surface area (Å²) in [4.78, 5) is 46.8. The van der Waals surface area contributed by atoms with Gasteiger partial charge in [0.1, 0.15) is 18.8 Å². The number of hydrogen-bond donors (Lipinski definition) is 0. The van der Waals surface area contributed by atoms with Gasteiger partial charge in [0.25, 0.3) is 0 Å². The maximum Gasteiger partial charge on any atom is 0.303 e. The van der Waals surface area contributed by atoms with Crippen molar-refractivity contribution in [2.45, 2.75) is 58.2 Å². The summed E-state index contributed by atoms with van der Waals surface area (Å²) in [5.41, 5.74) is 1.08. The summed E-state index contributed by atoms with van der Waals surface area (Å²) in [7, 11) is 0. The van der Waals surface area contributed by atoms with Gasteiger partial charge in [0.15, 0.2) is 18.3 Å². The van der Waals surface area contributed by atoms with Crippen LogP contribution in [0.2, 0.25) is 0 Å². The van der Waals surface area contributed by atoms with Crippen molar-refractivity contribution in [1.82, 2.24) is 0 Å². The lowest BCUT2D eigenvalue weighted by molar-refractivity contribution is -0.254. The second-order valence-corrected chi connectivity index (χ2v) is 6.89. The van der Waals surface area contributed by atoms with E-state index in [0.717, 1.165) is 6.92 Å². The minimum absolute atomic E-state index is 0.289. The number of carbonyl (C=O) groups is 4. The molecule has 31 heavy (non-hydrogen) atoms. The lowest BCUT2D eigenvalue weighted by Gasteiger charge is -2.44. The third-order valence-electron chi connectivity index (χ3n) is 4.37. The first-order chi connectivity index (χ1) is 14.6. The summed E-state index contributed by atoms with van der Waals surface area (Å²) < 4.78 is 27.3. The average molecular weight is 432 g/mol. The van der Waals surface area contributed by atoms with Crippen LogP contribution in [-0.4, -0.2) is 54.9 Å². The normalized spacial score (nSPS) is 24.9. The van der Waals surface area contributed by atoms with E-state index in [9.17, 15) is 19.2 Å². The lowest BCUT2D eigenvalue weighted by Crippen LogP contribution is -2.59. The second kappa shape index (κ2) is 10.6. The molecule has 0 aliphatic carbocycles. The Morgan fingerprint density at radius 3 is 2.03 bits per heavy atom. The zero-order valence-electron chi connectivity index (χ0n) is 17.7. The summed E-state index contributed by atoms with van der Waals surface area (Å²) in [6.45, 7) is 4.44. The molecule has 1 saturated heterocycles. The van der Waals surface area contributed by atoms with Gasteiger partial charge in [-0.15, -0.1) is 6.42 Å². The Hall–Kier alpha value is -3.38. The Kier molecular flexibility index (Phi) is 8.16. The molecule has 1 aliphatic heterocycles. The summed E-state index contributed by atoms with van der Waals surface area (Å²) >= 11 is 0. The standard InChI is InChI=1S/C22H24O9/c1-6-16-8-7-9-17(10-16)19-21(29-14(4)25)22(30-15(5)26)20(28-13(3)24)18(31-19)11-27-12(2)23/h1,7-10,18-22H,11H2,2-5H3/t18-,19-,20-,21-,22+/m1/s1. The van der Waals surface area contributed by atoms with E-state index < -0.39 is 54.4 Å². The fourth-order valence-electron chi connectivity index (χ4n) is 3.30. The molecule has 0 aromatic heterocycles. The highest BCUT2D eigenvalue weighted by Gasteiger charge is 2.52. The van der Waals surface area contributed by atoms with Crippen LogP contribution in [0.3, 0.4) is 0 Å². The Morgan fingerprint density at radius 2 is 1.48 bits per heavy atom. The van der Waals surface area contributed by atoms with E-state index in [1.807, 2.05) is 0 Å². The fourth-order valence-corrected chi connectivity index (χ4v) is 3.30. The van der Waals surface area contributed by atoms with Crippen molar-refractivity contribution in [1.29, 1.82) is 0 Å². The van der Waals surface area contributed by atoms with Crippen molar-refractivity contribution >= 4 is 23.9 Å². The molecule has 5 atom stereocenters. The molecule has 9 heteroatoms. The summed E-state index contributed by atoms with van der Waals surface area (Å²) in [5, 5.41) is 0. The number of esters is 4. The third-order valence-corrected chi connectivity index (χ3v) is 4.37. The van der Waals surface area contributed by atoms with Gasteiger partial charge in [-0.25, -0.2) is 0 Å². The highest BCUT2D eigenvalue weighted by Crippen LogP contribution is 2.37. The molecule has 2 rings (SSSR count). The molecule has 0 saturated carbocycles. The van der Waals surface area contributed by atoms with Gasteiger partial charge in [0.2, 0.25) is 0 Å². The van der Waals surface area contributed by atoms with E-state index in [4.69, 9.17) is 30.1 Å². The monoisotopic (exact) mass is 432 g/mol. The van der Waals surface area contributed by atoms with Crippen LogP contribution < -0.4 is 0 Å². The molecule has 1 heterocycles. The van der Waals surface area contributed by atoms with E-state index in [0.29, 0.717) is 11.1 Å². The van der Waals surface area contributed by atoms with E-state index in [1.54, 1.807) is 24.3 Å². The molecule has 166 valence electrons. The molecular weight excluding hydrogens is 408 g/mol. The summed E-state index contributed by atoms with van der Waals surface area (Å²) in [6.07, 6.45) is -0.0592. The van der Waals surface area contributed by atoms with Gasteiger partial charge < -0.3 is 23.7 Å². The van der Waals surface area contributed by atoms with E-state index in [-0.39, 0.29) is 6.61 Å². The van der Waals surface area contributed by atoms with Gasteiger partial charge in [0, 0.05) is 33.3 Å². The van der Waals surface area contributed by atoms with Crippen LogP contribution in [0.25, 0.3) is 0 Å². The highest BCUT2D eigenvalue weighted by molar-refractivity contribution is 5.68. The first-order valence-corrected chi connectivity index (χ1v) is 9.49. The maximum absolute atomic E-state index is 11.8. The Balaban J connectivity index is 2.56. The van der Waals surface area contributed by atoms with Crippen molar-refractivity contribution in [3.63, 3.8) is 0 Å². The summed E-state index contributed by atoms with van der Waals surface area (Å²) in [5.74, 6) is -0.118. The molecule has 0 spiro atoms. The van der Waals surface area contributed by atoms with Crippen LogP contribution in [0.5, 0.6) is 0 Å². The van der Waals surface area contributed by atoms with Crippen molar-refractivity contribution in [3.05, 3.63) is 35.4 Å². The minimum atomic E-state index is -1.22. The Morgan fingerprint density at radius 1 is 0.903 bits per heavy atom. The number of carbonyl (C=O) groups excluding carboxylic acids is 4. The highest BCUT2D eigenvalue weighted by atomic mass is 16.7.